The van der Waals surface area contributed by atoms with Gasteiger partial charge in [-0.25, -0.2) is 0 Å². The van der Waals surface area contributed by atoms with Gasteiger partial charge in [0.25, 0.3) is 0 Å². The summed E-state index contributed by atoms with van der Waals surface area (Å²) in [4.78, 5) is 0. The maximum atomic E-state index is 5.46. The molecule has 0 aromatic carbocycles. The Balaban J connectivity index is 3.04. The summed E-state index contributed by atoms with van der Waals surface area (Å²) in [5.74, 6) is 0.636. The molecule has 0 aromatic heterocycles. The van der Waals surface area contributed by atoms with E-state index in [-0.39, 0.29) is 6.79 Å². The normalized spacial score (nSPS) is 10.6. The Kier molecular flexibility index (Phi) is 14.1. The van der Waals surface area contributed by atoms with E-state index in [1.54, 1.807) is 7.11 Å². The second-order valence-corrected chi connectivity index (χ2v) is 4.62. The fourth-order valence-corrected chi connectivity index (χ4v) is 1.71. The van der Waals surface area contributed by atoms with Gasteiger partial charge in [-0.1, -0.05) is 58.4 Å². The molecule has 3 nitrogen and oxygen atoms in total. The Bertz CT molecular complexity index is 181. The van der Waals surface area contributed by atoms with E-state index in [4.69, 9.17) is 14.2 Å². The smallest absolute Gasteiger partial charge is 0.188 e. The lowest BCUT2D eigenvalue weighted by Crippen LogP contribution is -2.04. The molecule has 0 aromatic rings. The van der Waals surface area contributed by atoms with Crippen molar-refractivity contribution < 1.29 is 14.2 Å². The van der Waals surface area contributed by atoms with Gasteiger partial charge in [-0.05, 0) is 6.42 Å². The molecule has 0 rings (SSSR count). The van der Waals surface area contributed by atoms with Gasteiger partial charge in [0.2, 0.25) is 0 Å². The number of methoxy groups -OCH3 is 1. The van der Waals surface area contributed by atoms with E-state index in [1.165, 1.54) is 44.9 Å². The van der Waals surface area contributed by atoms with Crippen LogP contribution in [0.4, 0.5) is 0 Å². The first-order valence-corrected chi connectivity index (χ1v) is 7.18. The molecule has 0 saturated heterocycles. The Morgan fingerprint density at radius 2 is 1.56 bits per heavy atom. The molecule has 0 amide bonds. The molecule has 0 aliphatic heterocycles. The molecule has 0 saturated carbocycles. The molecular weight excluding hydrogens is 228 g/mol. The molecule has 3 heteroatoms. The van der Waals surface area contributed by atoms with Gasteiger partial charge in [-0.2, -0.15) is 0 Å². The summed E-state index contributed by atoms with van der Waals surface area (Å²) in [6.45, 7) is 7.51. The summed E-state index contributed by atoms with van der Waals surface area (Å²) in [5.41, 5.74) is 0. The Labute approximate surface area is 112 Å². The van der Waals surface area contributed by atoms with E-state index in [2.05, 4.69) is 13.5 Å². The standard InChI is InChI=1S/C15H30O3/c1-4-5-6-7-8-9-10-11-12-17-13-15(2)18-14-16-3/h2,4-14H2,1,3H3. The predicted molar refractivity (Wildman–Crippen MR) is 75.5 cm³/mol. The quantitative estimate of drug-likeness (QED) is 0.264. The first-order valence-electron chi connectivity index (χ1n) is 7.18. The highest BCUT2D eigenvalue weighted by atomic mass is 16.7. The van der Waals surface area contributed by atoms with Crippen molar-refractivity contribution in [3.05, 3.63) is 12.3 Å². The molecule has 0 atom stereocenters. The molecular formula is C15H30O3. The molecule has 108 valence electrons. The fourth-order valence-electron chi connectivity index (χ4n) is 1.71. The van der Waals surface area contributed by atoms with E-state index >= 15 is 0 Å². The number of ether oxygens (including phenoxy) is 3. The zero-order valence-electron chi connectivity index (χ0n) is 12.2. The zero-order valence-corrected chi connectivity index (χ0v) is 12.2. The molecule has 0 radical (unpaired) electrons. The average molecular weight is 258 g/mol. The fraction of sp³-hybridized carbons (Fsp3) is 0.867. The van der Waals surface area contributed by atoms with Crippen molar-refractivity contribution in [2.75, 3.05) is 27.1 Å². The van der Waals surface area contributed by atoms with Gasteiger partial charge in [0.15, 0.2) is 6.79 Å². The van der Waals surface area contributed by atoms with Crippen molar-refractivity contribution in [3.63, 3.8) is 0 Å². The Morgan fingerprint density at radius 1 is 0.944 bits per heavy atom. The predicted octanol–water partition coefficient (Wildman–Crippen LogP) is 4.28. The van der Waals surface area contributed by atoms with Crippen LogP contribution in [0.25, 0.3) is 0 Å². The van der Waals surface area contributed by atoms with Crippen LogP contribution in [0.15, 0.2) is 12.3 Å². The third-order valence-corrected chi connectivity index (χ3v) is 2.79. The SMILES string of the molecule is C=C(COCCCCCCCCCC)OCOC. The summed E-state index contributed by atoms with van der Waals surface area (Å²) < 4.78 is 15.4. The number of unbranched alkanes of at least 4 members (excludes halogenated alkanes) is 7. The summed E-state index contributed by atoms with van der Waals surface area (Å²) in [5, 5.41) is 0. The molecule has 0 N–H and O–H groups in total. The number of hydrogen-bond acceptors (Lipinski definition) is 3. The molecule has 0 spiro atoms. The summed E-state index contributed by atoms with van der Waals surface area (Å²) in [6, 6.07) is 0. The monoisotopic (exact) mass is 258 g/mol. The highest BCUT2D eigenvalue weighted by Gasteiger charge is 1.96. The van der Waals surface area contributed by atoms with E-state index in [9.17, 15) is 0 Å². The minimum absolute atomic E-state index is 0.250. The first-order chi connectivity index (χ1) is 8.81. The van der Waals surface area contributed by atoms with Crippen molar-refractivity contribution in [1.82, 2.24) is 0 Å². The van der Waals surface area contributed by atoms with Gasteiger partial charge >= 0.3 is 0 Å². The highest BCUT2D eigenvalue weighted by molar-refractivity contribution is 4.80. The lowest BCUT2D eigenvalue weighted by molar-refractivity contribution is -0.0121. The lowest BCUT2D eigenvalue weighted by atomic mass is 10.1. The van der Waals surface area contributed by atoms with Crippen LogP contribution in [-0.2, 0) is 14.2 Å². The van der Waals surface area contributed by atoms with E-state index in [1.807, 2.05) is 0 Å². The maximum Gasteiger partial charge on any atom is 0.188 e. The molecule has 0 heterocycles. The molecule has 0 aliphatic rings. The van der Waals surface area contributed by atoms with Crippen LogP contribution in [-0.4, -0.2) is 27.1 Å². The van der Waals surface area contributed by atoms with Gasteiger partial charge in [0.1, 0.15) is 12.4 Å². The van der Waals surface area contributed by atoms with Crippen LogP contribution in [0.2, 0.25) is 0 Å². The van der Waals surface area contributed by atoms with Crippen LogP contribution >= 0.6 is 0 Å². The lowest BCUT2D eigenvalue weighted by Gasteiger charge is -2.08. The average Bonchev–Trinajstić information content (AvgIpc) is 2.38. The van der Waals surface area contributed by atoms with E-state index in [0.29, 0.717) is 12.4 Å². The topological polar surface area (TPSA) is 27.7 Å². The van der Waals surface area contributed by atoms with Gasteiger partial charge < -0.3 is 14.2 Å². The second-order valence-electron chi connectivity index (χ2n) is 4.62. The highest BCUT2D eigenvalue weighted by Crippen LogP contribution is 2.08. The van der Waals surface area contributed by atoms with Crippen LogP contribution in [0.3, 0.4) is 0 Å². The molecule has 0 aliphatic carbocycles. The third kappa shape index (κ3) is 13.5. The van der Waals surface area contributed by atoms with Gasteiger partial charge in [-0.15, -0.1) is 0 Å². The molecule has 0 bridgehead atoms. The minimum atomic E-state index is 0.250. The largest absolute Gasteiger partial charge is 0.470 e. The van der Waals surface area contributed by atoms with Crippen molar-refractivity contribution >= 4 is 0 Å². The van der Waals surface area contributed by atoms with Crippen molar-refractivity contribution in [1.29, 1.82) is 0 Å². The van der Waals surface area contributed by atoms with E-state index in [0.717, 1.165) is 13.0 Å². The van der Waals surface area contributed by atoms with Crippen LogP contribution < -0.4 is 0 Å². The molecule has 0 unspecified atom stereocenters. The van der Waals surface area contributed by atoms with Gasteiger partial charge in [-0.3, -0.25) is 0 Å². The number of hydrogen-bond donors (Lipinski definition) is 0. The second kappa shape index (κ2) is 14.5. The Morgan fingerprint density at radius 3 is 2.17 bits per heavy atom. The van der Waals surface area contributed by atoms with Crippen LogP contribution in [0, 0.1) is 0 Å². The summed E-state index contributed by atoms with van der Waals surface area (Å²) in [6.07, 6.45) is 10.6. The molecule has 18 heavy (non-hydrogen) atoms. The summed E-state index contributed by atoms with van der Waals surface area (Å²) in [7, 11) is 1.59. The van der Waals surface area contributed by atoms with Crippen molar-refractivity contribution in [2.24, 2.45) is 0 Å². The molecule has 0 fully saturated rings. The van der Waals surface area contributed by atoms with Gasteiger partial charge in [0.05, 0.1) is 0 Å². The van der Waals surface area contributed by atoms with E-state index < -0.39 is 0 Å². The van der Waals surface area contributed by atoms with Gasteiger partial charge in [0, 0.05) is 13.7 Å². The van der Waals surface area contributed by atoms with Crippen molar-refractivity contribution in [2.45, 2.75) is 58.3 Å². The minimum Gasteiger partial charge on any atom is -0.470 e. The van der Waals surface area contributed by atoms with Crippen LogP contribution in [0.1, 0.15) is 58.3 Å². The maximum absolute atomic E-state index is 5.46. The van der Waals surface area contributed by atoms with Crippen LogP contribution in [0.5, 0.6) is 0 Å². The van der Waals surface area contributed by atoms with Crippen molar-refractivity contribution in [3.8, 4) is 0 Å². The number of rotatable bonds is 14. The zero-order chi connectivity index (χ0) is 13.5. The summed E-state index contributed by atoms with van der Waals surface area (Å²) >= 11 is 0. The Hall–Kier alpha value is -0.540. The third-order valence-electron chi connectivity index (χ3n) is 2.79. The first kappa shape index (κ1) is 17.5.